The van der Waals surface area contributed by atoms with Crippen molar-refractivity contribution in [3.63, 3.8) is 0 Å². The summed E-state index contributed by atoms with van der Waals surface area (Å²) in [4.78, 5) is 4.90. The molecule has 1 aliphatic carbocycles. The van der Waals surface area contributed by atoms with E-state index in [2.05, 4.69) is 62.7 Å². The molecule has 0 atom stereocenters. The Balaban J connectivity index is 0.00000256. The maximum atomic E-state index is 4.90. The van der Waals surface area contributed by atoms with Gasteiger partial charge in [0.05, 0.1) is 6.54 Å². The number of hydrogen-bond donors (Lipinski definition) is 2. The Kier molecular flexibility index (Phi) is 8.53. The van der Waals surface area contributed by atoms with Crippen LogP contribution in [0.4, 0.5) is 0 Å². The first-order chi connectivity index (χ1) is 14.3. The third-order valence-corrected chi connectivity index (χ3v) is 6.18. The lowest BCUT2D eigenvalue weighted by molar-refractivity contribution is 0.593. The van der Waals surface area contributed by atoms with Gasteiger partial charge >= 0.3 is 0 Å². The van der Waals surface area contributed by atoms with Crippen LogP contribution < -0.4 is 10.6 Å². The van der Waals surface area contributed by atoms with Crippen LogP contribution in [0, 0.1) is 0 Å². The number of hydrogen-bond acceptors (Lipinski definition) is 3. The topological polar surface area (TPSA) is 67.1 Å². The summed E-state index contributed by atoms with van der Waals surface area (Å²) < 4.78 is 2.35. The van der Waals surface area contributed by atoms with E-state index in [1.165, 1.54) is 43.5 Å². The molecule has 164 valence electrons. The lowest BCUT2D eigenvalue weighted by Crippen LogP contribution is -2.38. The van der Waals surface area contributed by atoms with Crippen molar-refractivity contribution in [2.45, 2.75) is 70.3 Å². The Morgan fingerprint density at radius 2 is 1.93 bits per heavy atom. The van der Waals surface area contributed by atoms with Crippen LogP contribution >= 0.6 is 24.0 Å². The molecule has 1 aromatic carbocycles. The van der Waals surface area contributed by atoms with Gasteiger partial charge in [-0.1, -0.05) is 36.8 Å². The molecule has 1 saturated carbocycles. The van der Waals surface area contributed by atoms with Gasteiger partial charge in [-0.25, -0.2) is 0 Å². The molecule has 2 aromatic rings. The molecule has 1 fully saturated rings. The molecule has 1 aliphatic heterocycles. The molecular weight excluding hydrogens is 487 g/mol. The van der Waals surface area contributed by atoms with E-state index in [1.54, 1.807) is 0 Å². The van der Waals surface area contributed by atoms with Crippen LogP contribution in [0.2, 0.25) is 0 Å². The summed E-state index contributed by atoms with van der Waals surface area (Å²) in [6.07, 6.45) is 9.34. The van der Waals surface area contributed by atoms with Crippen molar-refractivity contribution in [2.24, 2.45) is 4.99 Å². The minimum atomic E-state index is 0. The molecule has 0 saturated heterocycles. The Hall–Kier alpha value is -1.64. The van der Waals surface area contributed by atoms with Gasteiger partial charge in [0.25, 0.3) is 0 Å². The summed E-state index contributed by atoms with van der Waals surface area (Å²) in [5.41, 5.74) is 1.68. The van der Waals surface area contributed by atoms with Gasteiger partial charge in [0, 0.05) is 37.9 Å². The predicted molar refractivity (Wildman–Crippen MR) is 133 cm³/mol. The van der Waals surface area contributed by atoms with Crippen molar-refractivity contribution >= 4 is 29.9 Å². The second kappa shape index (κ2) is 11.1. The van der Waals surface area contributed by atoms with E-state index >= 15 is 0 Å². The quantitative estimate of drug-likeness (QED) is 0.239. The smallest absolute Gasteiger partial charge is 0.191 e. The minimum absolute atomic E-state index is 0. The normalized spacial score (nSPS) is 17.4. The number of nitrogens with zero attached hydrogens (tertiary/aromatic N) is 4. The standard InChI is InChI=1S/C23H34N6.HI/c1-2-24-22(26-18-23(14-15-23)19-10-5-3-6-11-19)25-16-9-13-21-28-27-20-12-7-4-8-17-29(20)21;/h3,5-6,10-11H,2,4,7-9,12-18H2,1H3,(H2,24,25,26);1H. The van der Waals surface area contributed by atoms with Crippen molar-refractivity contribution < 1.29 is 0 Å². The van der Waals surface area contributed by atoms with Crippen LogP contribution in [-0.4, -0.2) is 40.4 Å². The summed E-state index contributed by atoms with van der Waals surface area (Å²) >= 11 is 0. The zero-order valence-corrected chi connectivity index (χ0v) is 20.4. The molecule has 6 nitrogen and oxygen atoms in total. The maximum Gasteiger partial charge on any atom is 0.191 e. The van der Waals surface area contributed by atoms with Gasteiger partial charge < -0.3 is 15.2 Å². The zero-order chi connectivity index (χ0) is 19.9. The molecular formula is C23H35IN6. The third-order valence-electron chi connectivity index (χ3n) is 6.18. The van der Waals surface area contributed by atoms with Crippen LogP contribution in [0.25, 0.3) is 0 Å². The fraction of sp³-hybridized carbons (Fsp3) is 0.609. The summed E-state index contributed by atoms with van der Waals surface area (Å²) in [7, 11) is 0. The van der Waals surface area contributed by atoms with Crippen LogP contribution in [0.1, 0.15) is 62.7 Å². The zero-order valence-electron chi connectivity index (χ0n) is 18.1. The van der Waals surface area contributed by atoms with Crippen molar-refractivity contribution in [2.75, 3.05) is 19.6 Å². The fourth-order valence-electron chi connectivity index (χ4n) is 4.24. The van der Waals surface area contributed by atoms with Gasteiger partial charge in [0.15, 0.2) is 5.96 Å². The van der Waals surface area contributed by atoms with E-state index in [0.29, 0.717) is 0 Å². The average molecular weight is 522 g/mol. The van der Waals surface area contributed by atoms with E-state index in [1.807, 2.05) is 0 Å². The predicted octanol–water partition coefficient (Wildman–Crippen LogP) is 3.84. The number of nitrogens with one attached hydrogen (secondary N) is 2. The number of fused-ring (bicyclic) bond motifs is 1. The molecule has 2 N–H and O–H groups in total. The first-order valence-electron chi connectivity index (χ1n) is 11.3. The molecule has 0 spiro atoms. The van der Waals surface area contributed by atoms with Gasteiger partial charge in [-0.15, -0.1) is 34.2 Å². The van der Waals surface area contributed by atoms with Crippen LogP contribution in [0.3, 0.4) is 0 Å². The molecule has 4 rings (SSSR count). The number of aliphatic imine (C=N–C) groups is 1. The van der Waals surface area contributed by atoms with E-state index < -0.39 is 0 Å². The number of rotatable bonds is 8. The Bertz CT molecular complexity index is 812. The lowest BCUT2D eigenvalue weighted by Gasteiger charge is -2.16. The van der Waals surface area contributed by atoms with Gasteiger partial charge in [0.1, 0.15) is 11.6 Å². The number of aryl methyl sites for hydroxylation is 2. The van der Waals surface area contributed by atoms with Crippen molar-refractivity contribution in [3.05, 3.63) is 47.5 Å². The third kappa shape index (κ3) is 5.74. The van der Waals surface area contributed by atoms with Crippen molar-refractivity contribution in [1.29, 1.82) is 0 Å². The summed E-state index contributed by atoms with van der Waals surface area (Å²) in [5.74, 6) is 3.25. The number of guanidine groups is 1. The first-order valence-corrected chi connectivity index (χ1v) is 11.3. The van der Waals surface area contributed by atoms with Crippen LogP contribution in [-0.2, 0) is 24.8 Å². The minimum Gasteiger partial charge on any atom is -0.357 e. The van der Waals surface area contributed by atoms with E-state index in [9.17, 15) is 0 Å². The monoisotopic (exact) mass is 522 g/mol. The van der Waals surface area contributed by atoms with E-state index in [-0.39, 0.29) is 29.4 Å². The highest BCUT2D eigenvalue weighted by Gasteiger charge is 2.43. The van der Waals surface area contributed by atoms with Gasteiger partial charge in [-0.05, 0) is 44.6 Å². The Morgan fingerprint density at radius 1 is 1.10 bits per heavy atom. The highest BCUT2D eigenvalue weighted by atomic mass is 127. The van der Waals surface area contributed by atoms with Crippen LogP contribution in [0.15, 0.2) is 35.3 Å². The summed E-state index contributed by atoms with van der Waals surface area (Å²) in [6, 6.07) is 10.8. The molecule has 0 radical (unpaired) electrons. The number of aromatic nitrogens is 3. The highest BCUT2D eigenvalue weighted by molar-refractivity contribution is 14.0. The largest absolute Gasteiger partial charge is 0.357 e. The van der Waals surface area contributed by atoms with Gasteiger partial charge in [-0.3, -0.25) is 4.99 Å². The molecule has 0 bridgehead atoms. The SMILES string of the molecule is CCNC(=NCC1(c2ccccc2)CC1)NCCCc1nnc2n1CCCCC2.I. The second-order valence-corrected chi connectivity index (χ2v) is 8.37. The lowest BCUT2D eigenvalue weighted by atomic mass is 9.96. The van der Waals surface area contributed by atoms with Gasteiger partial charge in [0.2, 0.25) is 0 Å². The number of benzene rings is 1. The molecule has 0 amide bonds. The van der Waals surface area contributed by atoms with Crippen molar-refractivity contribution in [1.82, 2.24) is 25.4 Å². The van der Waals surface area contributed by atoms with Crippen molar-refractivity contribution in [3.8, 4) is 0 Å². The van der Waals surface area contributed by atoms with E-state index in [4.69, 9.17) is 4.99 Å². The number of halogens is 1. The molecule has 2 aliphatic rings. The maximum absolute atomic E-state index is 4.90. The summed E-state index contributed by atoms with van der Waals surface area (Å²) in [5, 5.41) is 15.8. The molecule has 2 heterocycles. The Labute approximate surface area is 197 Å². The fourth-order valence-corrected chi connectivity index (χ4v) is 4.24. The van der Waals surface area contributed by atoms with Gasteiger partial charge in [-0.2, -0.15) is 0 Å². The van der Waals surface area contributed by atoms with E-state index in [0.717, 1.165) is 57.2 Å². The Morgan fingerprint density at radius 3 is 2.70 bits per heavy atom. The highest BCUT2D eigenvalue weighted by Crippen LogP contribution is 2.48. The molecule has 1 aromatic heterocycles. The summed E-state index contributed by atoms with van der Waals surface area (Å²) in [6.45, 7) is 5.82. The molecule has 0 unspecified atom stereocenters. The average Bonchev–Trinajstić information content (AvgIpc) is 3.51. The second-order valence-electron chi connectivity index (χ2n) is 8.37. The van der Waals surface area contributed by atoms with Crippen LogP contribution in [0.5, 0.6) is 0 Å². The molecule has 30 heavy (non-hydrogen) atoms. The molecule has 7 heteroatoms. The first kappa shape index (κ1) is 23.0.